The molecule has 0 aromatic heterocycles. The van der Waals surface area contributed by atoms with Crippen LogP contribution in [0.4, 0.5) is 0 Å². The van der Waals surface area contributed by atoms with Crippen molar-refractivity contribution in [1.82, 2.24) is 15.8 Å². The van der Waals surface area contributed by atoms with Crippen LogP contribution in [-0.4, -0.2) is 21.3 Å². The molecule has 1 saturated heterocycles. The monoisotopic (exact) mass is 201 g/mol. The number of nitrogens with zero attached hydrogens (tertiary/aromatic N) is 1. The predicted molar refractivity (Wildman–Crippen MR) is 59.2 cm³/mol. The van der Waals surface area contributed by atoms with Crippen molar-refractivity contribution < 1.29 is 0 Å². The first-order valence-electron chi connectivity index (χ1n) is 4.69. The first-order valence-corrected chi connectivity index (χ1v) is 5.09. The zero-order valence-corrected chi connectivity index (χ0v) is 9.88. The molecule has 1 rings (SSSR count). The first-order chi connectivity index (χ1) is 5.78. The maximum absolute atomic E-state index is 5.26. The van der Waals surface area contributed by atoms with Crippen molar-refractivity contribution in [2.45, 2.75) is 52.2 Å². The number of rotatable bonds is 1. The molecule has 1 aliphatic rings. The van der Waals surface area contributed by atoms with Crippen molar-refractivity contribution in [3.05, 3.63) is 0 Å². The average Bonchev–Trinajstić information content (AvgIpc) is 2.27. The normalized spacial score (nSPS) is 29.3. The van der Waals surface area contributed by atoms with Crippen molar-refractivity contribution in [3.8, 4) is 0 Å². The zero-order valence-electron chi connectivity index (χ0n) is 9.06. The number of hydrogen-bond acceptors (Lipinski definition) is 2. The van der Waals surface area contributed by atoms with Gasteiger partial charge >= 0.3 is 0 Å². The minimum absolute atomic E-state index is 0.0248. The Balaban J connectivity index is 2.79. The molecule has 4 heteroatoms. The van der Waals surface area contributed by atoms with Crippen molar-refractivity contribution in [1.29, 1.82) is 0 Å². The highest BCUT2D eigenvalue weighted by Crippen LogP contribution is 2.20. The number of thiocarbonyl (C=S) groups is 1. The lowest BCUT2D eigenvalue weighted by molar-refractivity contribution is 0.136. The highest BCUT2D eigenvalue weighted by molar-refractivity contribution is 7.80. The van der Waals surface area contributed by atoms with Gasteiger partial charge in [-0.1, -0.05) is 6.92 Å². The van der Waals surface area contributed by atoms with E-state index in [-0.39, 0.29) is 11.2 Å². The maximum atomic E-state index is 5.26. The Morgan fingerprint density at radius 2 is 2.00 bits per heavy atom. The van der Waals surface area contributed by atoms with Crippen molar-refractivity contribution in [3.63, 3.8) is 0 Å². The summed E-state index contributed by atoms with van der Waals surface area (Å²) >= 11 is 5.26. The van der Waals surface area contributed by atoms with Gasteiger partial charge in [0.25, 0.3) is 0 Å². The molecular formula is C9H19N3S. The van der Waals surface area contributed by atoms with E-state index in [1.54, 1.807) is 0 Å². The standard InChI is InChI=1S/C9H19N3S/c1-6-9(5)10-7(13)12(11-9)8(2,3)4/h11H,6H2,1-5H3,(H,10,13)/t9-/m0/s1. The quantitative estimate of drug-likeness (QED) is 0.630. The van der Waals surface area contributed by atoms with E-state index in [9.17, 15) is 0 Å². The van der Waals surface area contributed by atoms with Gasteiger partial charge in [-0.25, -0.2) is 5.43 Å². The van der Waals surface area contributed by atoms with Crippen LogP contribution in [0.2, 0.25) is 0 Å². The third-order valence-electron chi connectivity index (χ3n) is 2.32. The molecule has 1 aliphatic heterocycles. The van der Waals surface area contributed by atoms with Gasteiger partial charge in [0.1, 0.15) is 5.66 Å². The van der Waals surface area contributed by atoms with E-state index in [0.717, 1.165) is 11.5 Å². The topological polar surface area (TPSA) is 27.3 Å². The van der Waals surface area contributed by atoms with Crippen LogP contribution in [0.1, 0.15) is 41.0 Å². The molecule has 0 bridgehead atoms. The summed E-state index contributed by atoms with van der Waals surface area (Å²) in [6, 6.07) is 0. The van der Waals surface area contributed by atoms with E-state index in [1.165, 1.54) is 0 Å². The summed E-state index contributed by atoms with van der Waals surface area (Å²) in [7, 11) is 0. The van der Waals surface area contributed by atoms with Gasteiger partial charge in [0, 0.05) is 0 Å². The van der Waals surface area contributed by atoms with Crippen LogP contribution < -0.4 is 10.7 Å². The van der Waals surface area contributed by atoms with Crippen molar-refractivity contribution >= 4 is 17.3 Å². The SMILES string of the molecule is CC[C@@]1(C)NC(=S)N(C(C)(C)C)N1. The van der Waals surface area contributed by atoms with Gasteiger partial charge in [-0.3, -0.25) is 5.01 Å². The number of hydrazine groups is 1. The molecule has 0 aromatic rings. The van der Waals surface area contributed by atoms with Crippen LogP contribution in [-0.2, 0) is 0 Å². The fourth-order valence-electron chi connectivity index (χ4n) is 1.26. The molecule has 0 unspecified atom stereocenters. The lowest BCUT2D eigenvalue weighted by atomic mass is 10.1. The van der Waals surface area contributed by atoms with Crippen LogP contribution in [0.15, 0.2) is 0 Å². The summed E-state index contributed by atoms with van der Waals surface area (Å²) in [6.45, 7) is 10.7. The summed E-state index contributed by atoms with van der Waals surface area (Å²) in [5, 5.41) is 6.09. The molecular weight excluding hydrogens is 182 g/mol. The molecule has 2 N–H and O–H groups in total. The maximum Gasteiger partial charge on any atom is 0.185 e. The number of nitrogens with one attached hydrogen (secondary N) is 2. The third kappa shape index (κ3) is 2.11. The fourth-order valence-corrected chi connectivity index (χ4v) is 1.80. The summed E-state index contributed by atoms with van der Waals surface area (Å²) in [6.07, 6.45) is 1.000. The van der Waals surface area contributed by atoms with E-state index in [2.05, 4.69) is 45.4 Å². The second kappa shape index (κ2) is 3.10. The van der Waals surface area contributed by atoms with Crippen molar-refractivity contribution in [2.24, 2.45) is 0 Å². The minimum Gasteiger partial charge on any atom is -0.342 e. The Kier molecular flexibility index (Phi) is 2.56. The summed E-state index contributed by atoms with van der Waals surface area (Å²) < 4.78 is 0. The summed E-state index contributed by atoms with van der Waals surface area (Å²) in [5.74, 6) is 0. The van der Waals surface area contributed by atoms with Gasteiger partial charge in [0.15, 0.2) is 5.11 Å². The van der Waals surface area contributed by atoms with E-state index in [0.29, 0.717) is 0 Å². The molecule has 0 radical (unpaired) electrons. The van der Waals surface area contributed by atoms with Gasteiger partial charge in [0.05, 0.1) is 5.54 Å². The molecule has 13 heavy (non-hydrogen) atoms. The third-order valence-corrected chi connectivity index (χ3v) is 2.61. The van der Waals surface area contributed by atoms with E-state index in [4.69, 9.17) is 12.2 Å². The minimum atomic E-state index is -0.0790. The molecule has 1 fully saturated rings. The van der Waals surface area contributed by atoms with Crippen molar-refractivity contribution in [2.75, 3.05) is 0 Å². The molecule has 0 aromatic carbocycles. The smallest absolute Gasteiger partial charge is 0.185 e. The van der Waals surface area contributed by atoms with E-state index < -0.39 is 0 Å². The Hall–Kier alpha value is -0.350. The van der Waals surface area contributed by atoms with Crippen LogP contribution in [0.25, 0.3) is 0 Å². The van der Waals surface area contributed by atoms with Gasteiger partial charge in [0.2, 0.25) is 0 Å². The summed E-state index contributed by atoms with van der Waals surface area (Å²) in [5.41, 5.74) is 3.33. The second-order valence-electron chi connectivity index (χ2n) is 4.73. The van der Waals surface area contributed by atoms with Crippen LogP contribution in [0.3, 0.4) is 0 Å². The van der Waals surface area contributed by atoms with Gasteiger partial charge in [-0.15, -0.1) is 0 Å². The highest BCUT2D eigenvalue weighted by atomic mass is 32.1. The van der Waals surface area contributed by atoms with E-state index in [1.807, 2.05) is 5.01 Å². The van der Waals surface area contributed by atoms with Gasteiger partial charge < -0.3 is 5.32 Å². The molecule has 3 nitrogen and oxygen atoms in total. The Morgan fingerprint density at radius 3 is 2.23 bits per heavy atom. The molecule has 76 valence electrons. The largest absolute Gasteiger partial charge is 0.342 e. The lowest BCUT2D eigenvalue weighted by Crippen LogP contribution is -2.53. The van der Waals surface area contributed by atoms with Crippen LogP contribution >= 0.6 is 12.2 Å². The molecule has 0 spiro atoms. The van der Waals surface area contributed by atoms with E-state index >= 15 is 0 Å². The lowest BCUT2D eigenvalue weighted by Gasteiger charge is -2.33. The average molecular weight is 201 g/mol. The molecule has 0 saturated carbocycles. The van der Waals surface area contributed by atoms with Crippen LogP contribution in [0, 0.1) is 0 Å². The molecule has 0 amide bonds. The molecule has 1 atom stereocenters. The van der Waals surface area contributed by atoms with Crippen LogP contribution in [0.5, 0.6) is 0 Å². The number of hydrogen-bond donors (Lipinski definition) is 2. The van der Waals surface area contributed by atoms with Gasteiger partial charge in [-0.05, 0) is 46.3 Å². The fraction of sp³-hybridized carbons (Fsp3) is 0.889. The highest BCUT2D eigenvalue weighted by Gasteiger charge is 2.39. The second-order valence-corrected chi connectivity index (χ2v) is 5.12. The first kappa shape index (κ1) is 10.7. The Labute approximate surface area is 85.8 Å². The molecule has 0 aliphatic carbocycles. The Morgan fingerprint density at radius 1 is 1.46 bits per heavy atom. The summed E-state index contributed by atoms with van der Waals surface area (Å²) in [4.78, 5) is 0. The Bertz CT molecular complexity index is 221. The van der Waals surface area contributed by atoms with Gasteiger partial charge in [-0.2, -0.15) is 0 Å². The zero-order chi connectivity index (χ0) is 10.3. The predicted octanol–water partition coefficient (Wildman–Crippen LogP) is 1.61. The molecule has 1 heterocycles.